The molecule has 51 nitrogen and oxygen atoms in total. The van der Waals surface area contributed by atoms with Gasteiger partial charge in [-0.25, -0.2) is 110 Å². The number of ether oxygens (including phenoxy) is 4. The second kappa shape index (κ2) is 54.1. The molecule has 0 radical (unpaired) electrons. The number of aryl methyl sites for hydroxylation is 1. The number of piperazine rings is 1. The first-order valence-electron chi connectivity index (χ1n) is 44.0. The maximum atomic E-state index is 13.8. The number of alkyl halides is 3. The van der Waals surface area contributed by atoms with Crippen molar-refractivity contribution in [3.8, 4) is 23.3 Å². The first-order chi connectivity index (χ1) is 69.9. The highest BCUT2D eigenvalue weighted by Crippen LogP contribution is 2.35. The average molecular weight is 2130 g/mol. The number of anilines is 15. The van der Waals surface area contributed by atoms with Crippen LogP contribution < -0.4 is 80.0 Å². The van der Waals surface area contributed by atoms with Gasteiger partial charge in [0.2, 0.25) is 0 Å². The van der Waals surface area contributed by atoms with Crippen LogP contribution >= 0.6 is 46.4 Å². The zero-order valence-electron chi connectivity index (χ0n) is 83.7. The van der Waals surface area contributed by atoms with E-state index >= 15 is 0 Å². The molecule has 15 rings (SSSR count). The maximum Gasteiger partial charge on any atom is 0.416 e. The van der Waals surface area contributed by atoms with Crippen LogP contribution in [0.4, 0.5) is 114 Å². The number of carboxylic acid groups (broad SMARTS) is 1. The fourth-order valence-electron chi connectivity index (χ4n) is 11.6. The number of carbonyl (C=O) groups is 6. The Hall–Kier alpha value is -17.0. The number of nitrogens with two attached hydrogens (primary N) is 4. The lowest BCUT2D eigenvalue weighted by Gasteiger charge is -2.34. The number of aromatic nitrogens is 24. The Labute approximate surface area is 866 Å². The molecule has 1 saturated heterocycles. The van der Waals surface area contributed by atoms with Crippen molar-refractivity contribution >= 4 is 169 Å². The molecule has 0 bridgehead atoms. The average Bonchev–Trinajstić information content (AvgIpc) is 1.79. The van der Waals surface area contributed by atoms with Crippen LogP contribution in [0.2, 0.25) is 20.6 Å². The topological polar surface area (TPSA) is 642 Å². The minimum Gasteiger partial charge on any atom is -0.477 e. The highest BCUT2D eigenvalue weighted by Gasteiger charge is 2.34. The van der Waals surface area contributed by atoms with Gasteiger partial charge in [0.15, 0.2) is 23.3 Å². The number of carbonyl (C=O) groups excluding carboxylic acids is 5. The van der Waals surface area contributed by atoms with Crippen molar-refractivity contribution in [2.45, 2.75) is 99.1 Å². The lowest BCUT2D eigenvalue weighted by Crippen LogP contribution is -2.44. The van der Waals surface area contributed by atoms with Gasteiger partial charge in [-0.05, 0) is 119 Å². The summed E-state index contributed by atoms with van der Waals surface area (Å²) >= 11 is 22.0. The number of nitrogens with one attached hydrogen (secondary N) is 7. The fourth-order valence-corrected chi connectivity index (χ4v) is 12.3. The molecule has 1 aliphatic heterocycles. The van der Waals surface area contributed by atoms with Gasteiger partial charge in [-0.3, -0.25) is 19.5 Å². The standard InChI is InChI=1S/C28H30F3N9O.C16H22N6O4.C10H14ClN3O2.C10H17N5O2.C9H10N6O2.C8H10N6.C5H6ClN3.C4H2Cl2N2/c1-18-4-5-21(15-23(18)37-25-6-7-35-40(25)26-16-24(32-2)33-17-34-26)36-27(41)19-12-20(28(29,30)31)14-22(13-19)39-10-8-38(3)9-11-39;1-6-25-14(23)10-8-20-22(13(10)17)12-7-11(18-9-19-12)21(5)15(24)26-16(2,3)4;1-10(2,3)16-9(15)14(4)8-5-7(11)12-6-13-8;1-10(2,3)17-9(16)15(4)8-5-7(14-11)12-6-13-8;1-11-6-2-7(13-4-12-6)15-8(10)5(3-14-15)9(16)17;1-10-7-4-8(12-5-11-7)14-6(9)2-3-13-14;1-7-5-2-4(6)8-3-9-5;5-3-1-4(6)8-2-7-3/h4-7,12-17,37H,8-11H2,1-3H3,(H,36,41)(H,32,33,34);7-9H,6,17H2,1-5H3;5-6H,1-4H3;5-6H,11H2,1-4H3,(H,12,13,14);2-4H,10H2,1H3,(H,16,17)(H,11,12,13);2-5H,9H2,1H3,(H,10,11,12);2-3H,1H3,(H,7,8,9);1-2H. The minimum atomic E-state index is -4.58. The van der Waals surface area contributed by atoms with E-state index in [2.05, 4.69) is 142 Å². The number of rotatable bonds is 20. The van der Waals surface area contributed by atoms with E-state index in [0.29, 0.717) is 110 Å². The number of carboxylic acids is 1. The first-order valence-corrected chi connectivity index (χ1v) is 45.5. The van der Waals surface area contributed by atoms with Gasteiger partial charge in [0, 0.05) is 159 Å². The van der Waals surface area contributed by atoms with Crippen molar-refractivity contribution in [3.05, 3.63) is 221 Å². The number of aromatic carboxylic acids is 1. The monoisotopic (exact) mass is 2120 g/mol. The van der Waals surface area contributed by atoms with Crippen molar-refractivity contribution in [3.63, 3.8) is 0 Å². The number of nitrogens with zero attached hydrogens (tertiary/aromatic N) is 29. The summed E-state index contributed by atoms with van der Waals surface area (Å²) in [7, 11) is 13.7. The minimum absolute atomic E-state index is 0.0262. The molecule has 0 saturated carbocycles. The van der Waals surface area contributed by atoms with E-state index < -0.39 is 64.7 Å². The van der Waals surface area contributed by atoms with E-state index in [9.17, 15) is 41.9 Å². The molecule has 16 N–H and O–H groups in total. The van der Waals surface area contributed by atoms with Crippen LogP contribution in [-0.4, -0.2) is 271 Å². The van der Waals surface area contributed by atoms with Crippen LogP contribution in [0.1, 0.15) is 111 Å². The summed E-state index contributed by atoms with van der Waals surface area (Å²) in [5, 5.41) is 44.2. The summed E-state index contributed by atoms with van der Waals surface area (Å²) in [6.45, 7) is 22.5. The molecule has 0 spiro atoms. The molecule has 12 aromatic heterocycles. The number of hydrogen-bond acceptors (Lipinski definition) is 42. The van der Waals surface area contributed by atoms with Crippen molar-refractivity contribution in [1.82, 2.24) is 124 Å². The maximum absolute atomic E-state index is 13.8. The molecule has 13 heterocycles. The molecule has 1 fully saturated rings. The SMILES string of the molecule is CCOC(=O)c1cnn(-c2cc(N(C)C(=O)OC(C)(C)C)ncn2)c1N.CN(C(=O)OC(C)(C)C)c1cc(Cl)ncn1.CN(C(=O)OC(C)(C)C)c1cc(NN)ncn1.CNc1cc(-n2ncc(C(=O)O)c2N)ncn1.CNc1cc(-n2nccc2N)ncn1.CNc1cc(-n2nccc2Nc2cc(NC(=O)c3cc(N4CCN(C)CC4)cc(C(F)(F)F)c3)ccc2C)ncn1.CNc1cc(Cl)ncn1.Clc1cc(Cl)ncn1. The number of hydrogen-bond donors (Lipinski definition) is 12. The third kappa shape index (κ3) is 36.1. The summed E-state index contributed by atoms with van der Waals surface area (Å²) in [6.07, 6.45) is 10.4. The number of esters is 1. The van der Waals surface area contributed by atoms with Gasteiger partial charge in [-0.1, -0.05) is 52.5 Å². The lowest BCUT2D eigenvalue weighted by molar-refractivity contribution is -0.137. The van der Waals surface area contributed by atoms with Crippen LogP contribution in [-0.2, 0) is 25.1 Å². The first kappa shape index (κ1) is 116. The smallest absolute Gasteiger partial charge is 0.416 e. The Balaban J connectivity index is 0.000000218. The highest BCUT2D eigenvalue weighted by molar-refractivity contribution is 6.33. The van der Waals surface area contributed by atoms with Gasteiger partial charge in [-0.2, -0.15) is 52.3 Å². The molecule has 14 aromatic rings. The molecule has 58 heteroatoms. The van der Waals surface area contributed by atoms with Crippen LogP contribution in [0, 0.1) is 6.92 Å². The molecule has 4 amide bonds. The van der Waals surface area contributed by atoms with Crippen LogP contribution in [0.25, 0.3) is 23.3 Å². The van der Waals surface area contributed by atoms with Gasteiger partial charge in [0.1, 0.15) is 169 Å². The summed E-state index contributed by atoms with van der Waals surface area (Å²) in [5.74, 6) is 10.2. The molecular weight excluding hydrogens is 2020 g/mol. The second-order valence-electron chi connectivity index (χ2n) is 33.3. The Kier molecular flexibility index (Phi) is 42.5. The van der Waals surface area contributed by atoms with Gasteiger partial charge in [0.25, 0.3) is 5.91 Å². The van der Waals surface area contributed by atoms with Crippen molar-refractivity contribution in [1.29, 1.82) is 0 Å². The van der Waals surface area contributed by atoms with E-state index in [-0.39, 0.29) is 45.9 Å². The Morgan fingerprint density at radius 2 is 0.865 bits per heavy atom. The molecule has 0 unspecified atom stereocenters. The quantitative estimate of drug-likeness (QED) is 0.0111. The molecule has 2 aromatic carbocycles. The van der Waals surface area contributed by atoms with Gasteiger partial charge in [0.05, 0.1) is 37.0 Å². The predicted molar refractivity (Wildman–Crippen MR) is 554 cm³/mol. The molecule has 1 aliphatic rings. The number of amides is 4. The second-order valence-corrected chi connectivity index (χ2v) is 34.9. The Morgan fingerprint density at radius 1 is 0.459 bits per heavy atom. The van der Waals surface area contributed by atoms with E-state index in [1.54, 1.807) is 188 Å². The number of likely N-dealkylation sites (N-methyl/N-ethyl adjacent to an activating group) is 1. The lowest BCUT2D eigenvalue weighted by atomic mass is 10.1. The normalized spacial score (nSPS) is 11.5. The van der Waals surface area contributed by atoms with Gasteiger partial charge < -0.3 is 88.4 Å². The highest BCUT2D eigenvalue weighted by atomic mass is 35.5. The predicted octanol–water partition coefficient (Wildman–Crippen LogP) is 13.4. The van der Waals surface area contributed by atoms with Crippen molar-refractivity contribution in [2.75, 3.05) is 163 Å². The molecule has 0 aliphatic carbocycles. The van der Waals surface area contributed by atoms with Crippen LogP contribution in [0.5, 0.6) is 0 Å². The largest absolute Gasteiger partial charge is 0.477 e. The van der Waals surface area contributed by atoms with Crippen LogP contribution in [0.15, 0.2) is 172 Å². The number of hydrazine groups is 1. The van der Waals surface area contributed by atoms with Gasteiger partial charge in [-0.15, -0.1) is 0 Å². The molecular formula is C90H111Cl4F3N40O11. The molecule has 148 heavy (non-hydrogen) atoms. The third-order valence-electron chi connectivity index (χ3n) is 19.0. The summed E-state index contributed by atoms with van der Waals surface area (Å²) in [5.41, 5.74) is 19.5. The van der Waals surface area contributed by atoms with Crippen molar-refractivity contribution in [2.24, 2.45) is 5.84 Å². The zero-order valence-corrected chi connectivity index (χ0v) is 86.7. The Morgan fingerprint density at radius 3 is 1.30 bits per heavy atom. The van der Waals surface area contributed by atoms with E-state index in [4.69, 9.17) is 93.5 Å². The van der Waals surface area contributed by atoms with E-state index in [1.807, 2.05) is 24.9 Å². The Bertz CT molecular complexity index is 6760. The molecule has 786 valence electrons. The summed E-state index contributed by atoms with van der Waals surface area (Å²) in [4.78, 5) is 142. The van der Waals surface area contributed by atoms with Crippen molar-refractivity contribution < 1.29 is 66.0 Å². The zero-order chi connectivity index (χ0) is 109. The van der Waals surface area contributed by atoms with E-state index in [1.165, 1.54) is 118 Å². The number of nitrogen functional groups attached to an aromatic ring is 4. The summed E-state index contributed by atoms with van der Waals surface area (Å²) < 4.78 is 67.5. The van der Waals surface area contributed by atoms with E-state index in [0.717, 1.165) is 42.4 Å². The third-order valence-corrected chi connectivity index (χ3v) is 19.8. The fraction of sp³-hybridized carbons (Fsp3) is 0.311. The number of halogens is 7. The molecule has 0 atom stereocenters. The van der Waals surface area contributed by atoms with Gasteiger partial charge >= 0.3 is 36.4 Å². The van der Waals surface area contributed by atoms with Crippen LogP contribution in [0.3, 0.4) is 0 Å². The number of benzene rings is 2. The summed E-state index contributed by atoms with van der Waals surface area (Å²) in [6, 6.07) is 25.0.